The molecule has 92 valence electrons. The lowest BCUT2D eigenvalue weighted by molar-refractivity contribution is 0.0572. The molecular formula is C12H15ClN2O2. The highest BCUT2D eigenvalue weighted by Gasteiger charge is 2.34. The van der Waals surface area contributed by atoms with Crippen LogP contribution in [0, 0.1) is 0 Å². The number of likely N-dealkylation sites (tertiary alicyclic amines) is 1. The van der Waals surface area contributed by atoms with Gasteiger partial charge in [-0.1, -0.05) is 11.6 Å². The van der Waals surface area contributed by atoms with E-state index < -0.39 is 5.60 Å². The van der Waals surface area contributed by atoms with Crippen molar-refractivity contribution in [3.8, 4) is 0 Å². The zero-order valence-electron chi connectivity index (χ0n) is 9.61. The highest BCUT2D eigenvalue weighted by Crippen LogP contribution is 2.25. The third-order valence-electron chi connectivity index (χ3n) is 2.98. The van der Waals surface area contributed by atoms with Gasteiger partial charge in [0.2, 0.25) is 0 Å². The van der Waals surface area contributed by atoms with Gasteiger partial charge in [0, 0.05) is 23.8 Å². The third-order valence-corrected chi connectivity index (χ3v) is 3.22. The molecule has 0 radical (unpaired) electrons. The molecule has 1 unspecified atom stereocenters. The van der Waals surface area contributed by atoms with Gasteiger partial charge < -0.3 is 15.7 Å². The van der Waals surface area contributed by atoms with Gasteiger partial charge in [0.1, 0.15) is 0 Å². The number of benzene rings is 1. The molecule has 0 saturated carbocycles. The van der Waals surface area contributed by atoms with E-state index in [1.165, 1.54) is 0 Å². The van der Waals surface area contributed by atoms with Crippen molar-refractivity contribution < 1.29 is 9.90 Å². The van der Waals surface area contributed by atoms with Gasteiger partial charge in [-0.3, -0.25) is 4.79 Å². The van der Waals surface area contributed by atoms with Crippen molar-refractivity contribution >= 4 is 23.2 Å². The minimum atomic E-state index is -0.795. The first-order valence-corrected chi connectivity index (χ1v) is 5.83. The van der Waals surface area contributed by atoms with Crippen LogP contribution in [0.25, 0.3) is 0 Å². The summed E-state index contributed by atoms with van der Waals surface area (Å²) in [6.45, 7) is 2.62. The van der Waals surface area contributed by atoms with Crippen molar-refractivity contribution in [1.82, 2.24) is 4.90 Å². The third kappa shape index (κ3) is 2.53. The molecule has 1 aromatic rings. The van der Waals surface area contributed by atoms with E-state index in [-0.39, 0.29) is 5.91 Å². The van der Waals surface area contributed by atoms with Crippen LogP contribution < -0.4 is 5.73 Å². The van der Waals surface area contributed by atoms with E-state index in [9.17, 15) is 9.90 Å². The number of carbonyl (C=O) groups is 1. The van der Waals surface area contributed by atoms with E-state index in [0.29, 0.717) is 35.8 Å². The lowest BCUT2D eigenvalue weighted by Crippen LogP contribution is -2.34. The lowest BCUT2D eigenvalue weighted by atomic mass is 10.1. The number of nitrogens with zero attached hydrogens (tertiary/aromatic N) is 1. The number of rotatable bonds is 1. The Kier molecular flexibility index (Phi) is 3.02. The Labute approximate surface area is 105 Å². The molecule has 1 atom stereocenters. The van der Waals surface area contributed by atoms with Crippen molar-refractivity contribution in [3.63, 3.8) is 0 Å². The van der Waals surface area contributed by atoms with E-state index in [1.54, 1.807) is 30.0 Å². The maximum Gasteiger partial charge on any atom is 0.256 e. The number of hydrogen-bond donors (Lipinski definition) is 2. The average Bonchev–Trinajstić information content (AvgIpc) is 2.58. The number of hydrogen-bond acceptors (Lipinski definition) is 3. The van der Waals surface area contributed by atoms with E-state index in [4.69, 9.17) is 17.3 Å². The summed E-state index contributed by atoms with van der Waals surface area (Å²) in [4.78, 5) is 13.8. The van der Waals surface area contributed by atoms with Gasteiger partial charge in [-0.15, -0.1) is 0 Å². The molecule has 3 N–H and O–H groups in total. The zero-order valence-corrected chi connectivity index (χ0v) is 10.4. The zero-order chi connectivity index (χ0) is 12.6. The maximum absolute atomic E-state index is 12.2. The Morgan fingerprint density at radius 1 is 1.59 bits per heavy atom. The van der Waals surface area contributed by atoms with Crippen LogP contribution in [0.1, 0.15) is 23.7 Å². The summed E-state index contributed by atoms with van der Waals surface area (Å²) in [5.74, 6) is -0.156. The van der Waals surface area contributed by atoms with Crippen molar-refractivity contribution in [2.75, 3.05) is 18.8 Å². The van der Waals surface area contributed by atoms with Crippen molar-refractivity contribution in [2.24, 2.45) is 0 Å². The standard InChI is InChI=1S/C12H15ClN2O2/c1-12(17)4-5-15(7-12)11(16)9-3-2-8(13)6-10(9)14/h2-3,6,17H,4-5,7,14H2,1H3. The topological polar surface area (TPSA) is 66.6 Å². The Balaban J connectivity index is 2.21. The van der Waals surface area contributed by atoms with Crippen LogP contribution in [0.3, 0.4) is 0 Å². The Bertz CT molecular complexity index is 460. The van der Waals surface area contributed by atoms with Crippen molar-refractivity contribution in [2.45, 2.75) is 18.9 Å². The SMILES string of the molecule is CC1(O)CCN(C(=O)c2ccc(Cl)cc2N)C1. The van der Waals surface area contributed by atoms with E-state index in [0.717, 1.165) is 0 Å². The molecular weight excluding hydrogens is 240 g/mol. The number of nitrogen functional groups attached to an aromatic ring is 1. The molecule has 1 amide bonds. The number of aliphatic hydroxyl groups is 1. The van der Waals surface area contributed by atoms with Gasteiger partial charge in [0.25, 0.3) is 5.91 Å². The van der Waals surface area contributed by atoms with Crippen molar-refractivity contribution in [1.29, 1.82) is 0 Å². The Morgan fingerprint density at radius 2 is 2.29 bits per heavy atom. The summed E-state index contributed by atoms with van der Waals surface area (Å²) in [5.41, 5.74) is 5.77. The number of nitrogens with two attached hydrogens (primary N) is 1. The monoisotopic (exact) mass is 254 g/mol. The fourth-order valence-electron chi connectivity index (χ4n) is 2.02. The van der Waals surface area contributed by atoms with E-state index in [2.05, 4.69) is 0 Å². The first-order chi connectivity index (χ1) is 7.89. The highest BCUT2D eigenvalue weighted by molar-refractivity contribution is 6.31. The van der Waals surface area contributed by atoms with Crippen LogP contribution in [0.2, 0.25) is 5.02 Å². The van der Waals surface area contributed by atoms with Crippen molar-refractivity contribution in [3.05, 3.63) is 28.8 Å². The molecule has 0 aromatic heterocycles. The second kappa shape index (κ2) is 4.20. The number of β-amino-alcohol motifs (C(OH)–C–C–N with tert-alkyl or cyclic N) is 1. The largest absolute Gasteiger partial charge is 0.398 e. The Morgan fingerprint density at radius 3 is 2.82 bits per heavy atom. The fourth-order valence-corrected chi connectivity index (χ4v) is 2.20. The van der Waals surface area contributed by atoms with Gasteiger partial charge in [-0.25, -0.2) is 0 Å². The van der Waals surface area contributed by atoms with Gasteiger partial charge in [0.15, 0.2) is 0 Å². The molecule has 1 aliphatic heterocycles. The second-order valence-corrected chi connectivity index (χ2v) is 5.14. The fraction of sp³-hybridized carbons (Fsp3) is 0.417. The molecule has 1 fully saturated rings. The number of carbonyl (C=O) groups excluding carboxylic acids is 1. The summed E-state index contributed by atoms with van der Waals surface area (Å²) < 4.78 is 0. The van der Waals surface area contributed by atoms with Crippen LogP contribution in [0.4, 0.5) is 5.69 Å². The molecule has 2 rings (SSSR count). The first-order valence-electron chi connectivity index (χ1n) is 5.46. The van der Waals surface area contributed by atoms with Gasteiger partial charge in [-0.05, 0) is 31.5 Å². The molecule has 4 nitrogen and oxygen atoms in total. The minimum absolute atomic E-state index is 0.156. The summed E-state index contributed by atoms with van der Waals surface area (Å²) >= 11 is 5.78. The van der Waals surface area contributed by atoms with Gasteiger partial charge >= 0.3 is 0 Å². The van der Waals surface area contributed by atoms with Crippen LogP contribution in [-0.4, -0.2) is 34.6 Å². The van der Waals surface area contributed by atoms with E-state index in [1.807, 2.05) is 0 Å². The quantitative estimate of drug-likeness (QED) is 0.747. The summed E-state index contributed by atoms with van der Waals surface area (Å²) in [6, 6.07) is 4.81. The summed E-state index contributed by atoms with van der Waals surface area (Å²) in [6.07, 6.45) is 0.590. The van der Waals surface area contributed by atoms with Crippen LogP contribution in [0.5, 0.6) is 0 Å². The highest BCUT2D eigenvalue weighted by atomic mass is 35.5. The number of halogens is 1. The predicted molar refractivity (Wildman–Crippen MR) is 67.0 cm³/mol. The predicted octanol–water partition coefficient (Wildman–Crippen LogP) is 1.52. The molecule has 1 heterocycles. The van der Waals surface area contributed by atoms with Crippen LogP contribution in [0.15, 0.2) is 18.2 Å². The molecule has 0 spiro atoms. The first kappa shape index (κ1) is 12.2. The minimum Gasteiger partial charge on any atom is -0.398 e. The average molecular weight is 255 g/mol. The van der Waals surface area contributed by atoms with Crippen LogP contribution >= 0.6 is 11.6 Å². The molecule has 1 aromatic carbocycles. The lowest BCUT2D eigenvalue weighted by Gasteiger charge is -2.19. The molecule has 5 heteroatoms. The van der Waals surface area contributed by atoms with Crippen LogP contribution in [-0.2, 0) is 0 Å². The molecule has 1 saturated heterocycles. The summed E-state index contributed by atoms with van der Waals surface area (Å²) in [5, 5.41) is 10.3. The molecule has 17 heavy (non-hydrogen) atoms. The Hall–Kier alpha value is -1.26. The number of anilines is 1. The second-order valence-electron chi connectivity index (χ2n) is 4.71. The molecule has 0 bridgehead atoms. The van der Waals surface area contributed by atoms with Gasteiger partial charge in [0.05, 0.1) is 11.2 Å². The number of amides is 1. The van der Waals surface area contributed by atoms with E-state index >= 15 is 0 Å². The molecule has 0 aliphatic carbocycles. The maximum atomic E-state index is 12.2. The smallest absolute Gasteiger partial charge is 0.256 e. The van der Waals surface area contributed by atoms with Gasteiger partial charge in [-0.2, -0.15) is 0 Å². The normalized spacial score (nSPS) is 24.1. The summed E-state index contributed by atoms with van der Waals surface area (Å²) in [7, 11) is 0. The molecule has 1 aliphatic rings.